The van der Waals surface area contributed by atoms with Crippen LogP contribution in [0.2, 0.25) is 0 Å². The molecule has 136 valence electrons. The van der Waals surface area contributed by atoms with Crippen molar-refractivity contribution in [1.82, 2.24) is 19.4 Å². The van der Waals surface area contributed by atoms with Gasteiger partial charge in [-0.05, 0) is 26.0 Å². The SMILES string of the molecule is Cc1ncnc(N2CCN(CCn3c(=O)oc4ccccc43)CC2)c1C. The van der Waals surface area contributed by atoms with Gasteiger partial charge >= 0.3 is 5.76 Å². The van der Waals surface area contributed by atoms with E-state index in [1.165, 1.54) is 0 Å². The maximum absolute atomic E-state index is 12.1. The Kier molecular flexibility index (Phi) is 4.46. The van der Waals surface area contributed by atoms with Crippen molar-refractivity contribution in [3.63, 3.8) is 0 Å². The first-order valence-electron chi connectivity index (χ1n) is 8.97. The molecule has 7 nitrogen and oxygen atoms in total. The van der Waals surface area contributed by atoms with Gasteiger partial charge in [-0.25, -0.2) is 14.8 Å². The summed E-state index contributed by atoms with van der Waals surface area (Å²) in [6.07, 6.45) is 1.64. The lowest BCUT2D eigenvalue weighted by Crippen LogP contribution is -2.48. The molecule has 0 spiro atoms. The van der Waals surface area contributed by atoms with E-state index >= 15 is 0 Å². The number of para-hydroxylation sites is 2. The molecule has 26 heavy (non-hydrogen) atoms. The smallest absolute Gasteiger partial charge is 0.408 e. The average molecular weight is 353 g/mol. The summed E-state index contributed by atoms with van der Waals surface area (Å²) in [5.41, 5.74) is 3.70. The van der Waals surface area contributed by atoms with Crippen LogP contribution in [-0.4, -0.2) is 52.2 Å². The van der Waals surface area contributed by atoms with E-state index in [1.54, 1.807) is 10.9 Å². The summed E-state index contributed by atoms with van der Waals surface area (Å²) in [6.45, 7) is 9.33. The summed E-state index contributed by atoms with van der Waals surface area (Å²) >= 11 is 0. The molecule has 0 saturated carbocycles. The zero-order valence-corrected chi connectivity index (χ0v) is 15.2. The third-order valence-corrected chi connectivity index (χ3v) is 5.19. The number of piperazine rings is 1. The second-order valence-corrected chi connectivity index (χ2v) is 6.72. The third-order valence-electron chi connectivity index (χ3n) is 5.19. The molecule has 0 N–H and O–H groups in total. The normalized spacial score (nSPS) is 15.7. The summed E-state index contributed by atoms with van der Waals surface area (Å²) in [5, 5.41) is 0. The summed E-state index contributed by atoms with van der Waals surface area (Å²) in [4.78, 5) is 25.5. The Morgan fingerprint density at radius 3 is 2.62 bits per heavy atom. The van der Waals surface area contributed by atoms with E-state index in [1.807, 2.05) is 31.2 Å². The van der Waals surface area contributed by atoms with E-state index in [0.717, 1.165) is 55.3 Å². The van der Waals surface area contributed by atoms with Crippen LogP contribution in [0.1, 0.15) is 11.3 Å². The van der Waals surface area contributed by atoms with Crippen LogP contribution in [0.4, 0.5) is 5.82 Å². The summed E-state index contributed by atoms with van der Waals surface area (Å²) in [6, 6.07) is 7.57. The van der Waals surface area contributed by atoms with Gasteiger partial charge in [-0.1, -0.05) is 12.1 Å². The van der Waals surface area contributed by atoms with Crippen molar-refractivity contribution in [3.05, 3.63) is 52.4 Å². The lowest BCUT2D eigenvalue weighted by molar-refractivity contribution is 0.246. The molecule has 0 atom stereocenters. The second-order valence-electron chi connectivity index (χ2n) is 6.72. The maximum atomic E-state index is 12.1. The summed E-state index contributed by atoms with van der Waals surface area (Å²) in [5.74, 6) is 0.756. The Labute approximate surface area is 151 Å². The van der Waals surface area contributed by atoms with Crippen molar-refractivity contribution in [2.24, 2.45) is 0 Å². The van der Waals surface area contributed by atoms with Crippen LogP contribution >= 0.6 is 0 Å². The number of hydrogen-bond donors (Lipinski definition) is 0. The van der Waals surface area contributed by atoms with Crippen LogP contribution in [0.15, 0.2) is 39.8 Å². The lowest BCUT2D eigenvalue weighted by atomic mass is 10.2. The zero-order valence-electron chi connectivity index (χ0n) is 15.2. The average Bonchev–Trinajstić information content (AvgIpc) is 2.98. The van der Waals surface area contributed by atoms with Gasteiger partial charge in [-0.2, -0.15) is 0 Å². The van der Waals surface area contributed by atoms with E-state index in [9.17, 15) is 4.79 Å². The van der Waals surface area contributed by atoms with Gasteiger partial charge in [0.15, 0.2) is 5.58 Å². The topological polar surface area (TPSA) is 67.4 Å². The molecule has 0 amide bonds. The monoisotopic (exact) mass is 353 g/mol. The Hall–Kier alpha value is -2.67. The van der Waals surface area contributed by atoms with Crippen LogP contribution in [0, 0.1) is 13.8 Å². The van der Waals surface area contributed by atoms with Crippen LogP contribution in [0.25, 0.3) is 11.1 Å². The highest BCUT2D eigenvalue weighted by atomic mass is 16.4. The van der Waals surface area contributed by atoms with Crippen LogP contribution in [0.3, 0.4) is 0 Å². The predicted molar refractivity (Wildman–Crippen MR) is 101 cm³/mol. The van der Waals surface area contributed by atoms with Crippen molar-refractivity contribution in [3.8, 4) is 0 Å². The van der Waals surface area contributed by atoms with Gasteiger partial charge in [0, 0.05) is 50.5 Å². The molecule has 1 fully saturated rings. The molecule has 0 radical (unpaired) electrons. The number of rotatable bonds is 4. The molecule has 7 heteroatoms. The van der Waals surface area contributed by atoms with Crippen LogP contribution in [-0.2, 0) is 6.54 Å². The molecule has 3 aromatic rings. The number of nitrogens with zero attached hydrogens (tertiary/aromatic N) is 5. The van der Waals surface area contributed by atoms with Gasteiger partial charge in [-0.15, -0.1) is 0 Å². The van der Waals surface area contributed by atoms with Crippen LogP contribution < -0.4 is 10.7 Å². The van der Waals surface area contributed by atoms with Gasteiger partial charge in [0.25, 0.3) is 0 Å². The second kappa shape index (κ2) is 6.92. The summed E-state index contributed by atoms with van der Waals surface area (Å²) < 4.78 is 7.03. The third kappa shape index (κ3) is 3.10. The maximum Gasteiger partial charge on any atom is 0.419 e. The fourth-order valence-corrected chi connectivity index (χ4v) is 3.49. The number of aromatic nitrogens is 3. The highest BCUT2D eigenvalue weighted by Gasteiger charge is 2.20. The first-order valence-corrected chi connectivity index (χ1v) is 8.97. The molecule has 3 heterocycles. The largest absolute Gasteiger partial charge is 0.419 e. The number of benzene rings is 1. The van der Waals surface area contributed by atoms with Gasteiger partial charge in [-0.3, -0.25) is 9.47 Å². The van der Waals surface area contributed by atoms with E-state index in [2.05, 4.69) is 26.7 Å². The van der Waals surface area contributed by atoms with E-state index in [-0.39, 0.29) is 5.76 Å². The minimum absolute atomic E-state index is 0.281. The van der Waals surface area contributed by atoms with Gasteiger partial charge in [0.2, 0.25) is 0 Å². The Morgan fingerprint density at radius 1 is 1.04 bits per heavy atom. The minimum atomic E-state index is -0.281. The molecule has 2 aromatic heterocycles. The first-order chi connectivity index (χ1) is 12.6. The fraction of sp³-hybridized carbons (Fsp3) is 0.421. The number of hydrogen-bond acceptors (Lipinski definition) is 6. The molecule has 1 aliphatic rings. The molecule has 1 aliphatic heterocycles. The predicted octanol–water partition coefficient (Wildman–Crippen LogP) is 1.82. The highest BCUT2D eigenvalue weighted by Crippen LogP contribution is 2.19. The number of oxazole rings is 1. The summed E-state index contributed by atoms with van der Waals surface area (Å²) in [7, 11) is 0. The van der Waals surface area contributed by atoms with Gasteiger partial charge in [0.1, 0.15) is 12.1 Å². The van der Waals surface area contributed by atoms with Gasteiger partial charge in [0.05, 0.1) is 5.52 Å². The Bertz CT molecular complexity index is 969. The molecule has 4 rings (SSSR count). The van der Waals surface area contributed by atoms with Crippen molar-refractivity contribution in [1.29, 1.82) is 0 Å². The van der Waals surface area contributed by atoms with Gasteiger partial charge < -0.3 is 9.32 Å². The number of anilines is 1. The van der Waals surface area contributed by atoms with Crippen molar-refractivity contribution in [2.75, 3.05) is 37.6 Å². The number of aryl methyl sites for hydroxylation is 1. The van der Waals surface area contributed by atoms with Crippen molar-refractivity contribution >= 4 is 16.9 Å². The standard InChI is InChI=1S/C19H23N5O2/c1-14-15(2)20-13-21-18(14)23-10-7-22(8-11-23)9-12-24-16-5-3-4-6-17(16)26-19(24)25/h3-6,13H,7-12H2,1-2H3. The molecule has 0 bridgehead atoms. The minimum Gasteiger partial charge on any atom is -0.408 e. The quantitative estimate of drug-likeness (QED) is 0.713. The highest BCUT2D eigenvalue weighted by molar-refractivity contribution is 5.72. The molecule has 1 aromatic carbocycles. The van der Waals surface area contributed by atoms with Crippen molar-refractivity contribution < 1.29 is 4.42 Å². The molecule has 1 saturated heterocycles. The van der Waals surface area contributed by atoms with Crippen LogP contribution in [0.5, 0.6) is 0 Å². The lowest BCUT2D eigenvalue weighted by Gasteiger charge is -2.36. The Balaban J connectivity index is 1.39. The van der Waals surface area contributed by atoms with Crippen molar-refractivity contribution in [2.45, 2.75) is 20.4 Å². The zero-order chi connectivity index (χ0) is 18.1. The van der Waals surface area contributed by atoms with E-state index < -0.39 is 0 Å². The molecular weight excluding hydrogens is 330 g/mol. The molecular formula is C19H23N5O2. The van der Waals surface area contributed by atoms with E-state index in [4.69, 9.17) is 4.42 Å². The van der Waals surface area contributed by atoms with E-state index in [0.29, 0.717) is 12.1 Å². The molecule has 0 aliphatic carbocycles. The first kappa shape index (κ1) is 16.8. The Morgan fingerprint density at radius 2 is 1.81 bits per heavy atom. The fourth-order valence-electron chi connectivity index (χ4n) is 3.49. The molecule has 0 unspecified atom stereocenters. The number of fused-ring (bicyclic) bond motifs is 1.